The molecule has 0 bridgehead atoms. The molecule has 0 heterocycles. The Bertz CT molecular complexity index is 157. The van der Waals surface area contributed by atoms with E-state index in [0.717, 1.165) is 0 Å². The molecule has 0 saturated carbocycles. The summed E-state index contributed by atoms with van der Waals surface area (Å²) in [5, 5.41) is 0. The summed E-state index contributed by atoms with van der Waals surface area (Å²) in [6.07, 6.45) is 0. The van der Waals surface area contributed by atoms with E-state index in [1.807, 2.05) is 0 Å². The van der Waals surface area contributed by atoms with E-state index in [1.165, 1.54) is 0 Å². The Morgan fingerprint density at radius 1 is 0.923 bits per heavy atom. The van der Waals surface area contributed by atoms with E-state index in [2.05, 4.69) is 0 Å². The van der Waals surface area contributed by atoms with Crippen LogP contribution in [0.1, 0.15) is 0 Å². The molecule has 0 saturated heterocycles. The van der Waals surface area contributed by atoms with E-state index in [4.69, 9.17) is 36.7 Å². The van der Waals surface area contributed by atoms with Crippen LogP contribution in [0.15, 0.2) is 0 Å². The zero-order valence-electron chi connectivity index (χ0n) is 4.91. The fourth-order valence-corrected chi connectivity index (χ4v) is 0. The third kappa shape index (κ3) is 479. The van der Waals surface area contributed by atoms with Gasteiger partial charge in [0, 0.05) is 0 Å². The van der Waals surface area contributed by atoms with Gasteiger partial charge in [-0.15, -0.1) is 0 Å². The second-order valence-corrected chi connectivity index (χ2v) is 3.14. The summed E-state index contributed by atoms with van der Waals surface area (Å²) in [6.45, 7) is 0. The molecular weight excluding hydrogens is 287 g/mol. The first-order chi connectivity index (χ1) is 4.00. The van der Waals surface area contributed by atoms with Crippen LogP contribution < -0.4 is 0 Å². The molecule has 0 aliphatic heterocycles. The van der Waals surface area contributed by atoms with E-state index < -0.39 is 19.4 Å². The van der Waals surface area contributed by atoms with Crippen molar-refractivity contribution in [2.75, 3.05) is 0 Å². The predicted molar refractivity (Wildman–Crippen MR) is 57.7 cm³/mol. The van der Waals surface area contributed by atoms with E-state index >= 15 is 0 Å². The van der Waals surface area contributed by atoms with E-state index in [-0.39, 0.29) is 68.6 Å². The number of hydrogen-bond donors (Lipinski definition) is 6. The van der Waals surface area contributed by atoms with E-state index in [1.54, 1.807) is 0 Å². The Kier molecular flexibility index (Phi) is 27.5. The third-order valence-electron chi connectivity index (χ3n) is 0. The molecule has 8 nitrogen and oxygen atoms in total. The van der Waals surface area contributed by atoms with Crippen molar-refractivity contribution < 1.29 is 36.7 Å². The fraction of sp³-hybridized carbons (Fsp3) is 0. The van der Waals surface area contributed by atoms with Crippen LogP contribution in [-0.2, 0) is 10.4 Å². The molecule has 13 heteroatoms. The maximum absolute atomic E-state index is 8.74. The molecule has 0 spiro atoms. The molecule has 0 amide bonds. The standard InChI is InChI=1S/Al.Ca.H2O4S.H4O4Si.H2S.5H/c;;2*1-5(2,3)4;;;;;;/h;;(H2,1,2,3,4);1-4H;1H2;;;;;. The second kappa shape index (κ2) is 12.1. The molecule has 0 unspecified atom stereocenters. The molecule has 0 aromatic carbocycles. The SMILES string of the molecule is O=S(=O)(O)O.O[Si](O)(O)O.S.[AlH3].[CaH2]. The summed E-state index contributed by atoms with van der Waals surface area (Å²) in [4.78, 5) is 29.3. The van der Waals surface area contributed by atoms with Crippen molar-refractivity contribution in [2.24, 2.45) is 0 Å². The molecule has 0 rings (SSSR count). The molecule has 13 heavy (non-hydrogen) atoms. The normalized spacial score (nSPS) is 9.08. The van der Waals surface area contributed by atoms with Gasteiger partial charge >= 0.3 is 57.2 Å². The van der Waals surface area contributed by atoms with E-state index in [9.17, 15) is 0 Å². The number of hydrogen-bond acceptors (Lipinski definition) is 6. The molecule has 0 atom stereocenters. The monoisotopic (exact) mass is 300 g/mol. The van der Waals surface area contributed by atoms with Crippen LogP contribution in [0.4, 0.5) is 0 Å². The van der Waals surface area contributed by atoms with Gasteiger partial charge in [-0.1, -0.05) is 0 Å². The first-order valence-electron chi connectivity index (χ1n) is 1.59. The van der Waals surface area contributed by atoms with Crippen LogP contribution in [0.2, 0.25) is 0 Å². The molecule has 0 radical (unpaired) electrons. The van der Waals surface area contributed by atoms with Crippen molar-refractivity contribution in [1.29, 1.82) is 0 Å². The minimum absolute atomic E-state index is 0. The van der Waals surface area contributed by atoms with Crippen LogP contribution >= 0.6 is 13.5 Å². The van der Waals surface area contributed by atoms with Crippen molar-refractivity contribution >= 4 is 88.0 Å². The van der Waals surface area contributed by atoms with Gasteiger partial charge in [-0.25, -0.2) is 0 Å². The molecular formula is H13AlCaO8S2Si. The van der Waals surface area contributed by atoms with Gasteiger partial charge in [0.2, 0.25) is 0 Å². The Labute approximate surface area is 123 Å². The molecule has 0 aromatic heterocycles. The average molecular weight is 300 g/mol. The van der Waals surface area contributed by atoms with Gasteiger partial charge < -0.3 is 19.2 Å². The van der Waals surface area contributed by atoms with Gasteiger partial charge in [-0.05, 0) is 0 Å². The summed E-state index contributed by atoms with van der Waals surface area (Å²) in [7, 11) is -9.28. The minimum atomic E-state index is -4.67. The van der Waals surface area contributed by atoms with Crippen LogP contribution in [-0.4, -0.2) is 101 Å². The maximum atomic E-state index is 8.74. The van der Waals surface area contributed by atoms with E-state index in [0.29, 0.717) is 0 Å². The van der Waals surface area contributed by atoms with Gasteiger partial charge in [0.25, 0.3) is 0 Å². The first kappa shape index (κ1) is 29.4. The summed E-state index contributed by atoms with van der Waals surface area (Å²) in [6, 6.07) is 0. The zero-order valence-corrected chi connectivity index (χ0v) is 7.72. The van der Waals surface area contributed by atoms with Crippen molar-refractivity contribution in [3.8, 4) is 0 Å². The molecule has 0 aliphatic carbocycles. The van der Waals surface area contributed by atoms with Crippen LogP contribution in [0.3, 0.4) is 0 Å². The Morgan fingerprint density at radius 2 is 0.923 bits per heavy atom. The molecule has 6 N–H and O–H groups in total. The third-order valence-corrected chi connectivity index (χ3v) is 0. The molecule has 82 valence electrons. The quantitative estimate of drug-likeness (QED) is 0.191. The van der Waals surface area contributed by atoms with Gasteiger partial charge in [0.1, 0.15) is 0 Å². The van der Waals surface area contributed by atoms with Gasteiger partial charge in [-0.2, -0.15) is 21.9 Å². The predicted octanol–water partition coefficient (Wildman–Crippen LogP) is -5.25. The Morgan fingerprint density at radius 3 is 0.923 bits per heavy atom. The fourth-order valence-electron chi connectivity index (χ4n) is 0. The molecule has 0 fully saturated rings. The van der Waals surface area contributed by atoms with Gasteiger partial charge in [0.15, 0.2) is 17.4 Å². The van der Waals surface area contributed by atoms with Crippen molar-refractivity contribution in [1.82, 2.24) is 0 Å². The molecule has 0 aliphatic rings. The Hall–Kier alpha value is 2.07. The van der Waals surface area contributed by atoms with Crippen molar-refractivity contribution in [2.45, 2.75) is 0 Å². The van der Waals surface area contributed by atoms with Crippen molar-refractivity contribution in [3.05, 3.63) is 0 Å². The Balaban J connectivity index is -0.0000000267. The average Bonchev–Trinajstić information content (AvgIpc) is 1.12. The first-order valence-corrected chi connectivity index (χ1v) is 4.78. The topological polar surface area (TPSA) is 156 Å². The van der Waals surface area contributed by atoms with Crippen LogP contribution in [0.25, 0.3) is 0 Å². The summed E-state index contributed by atoms with van der Waals surface area (Å²) in [5.74, 6) is 0. The zero-order chi connectivity index (χ0) is 9.00. The summed E-state index contributed by atoms with van der Waals surface area (Å²) >= 11 is 0. The summed E-state index contributed by atoms with van der Waals surface area (Å²) in [5.41, 5.74) is 0. The summed E-state index contributed by atoms with van der Waals surface area (Å²) < 4.78 is 31.6. The van der Waals surface area contributed by atoms with Crippen molar-refractivity contribution in [3.63, 3.8) is 0 Å². The van der Waals surface area contributed by atoms with Gasteiger partial charge in [0.05, 0.1) is 0 Å². The van der Waals surface area contributed by atoms with Crippen LogP contribution in [0, 0.1) is 0 Å². The molecule has 0 aromatic rings. The van der Waals surface area contributed by atoms with Gasteiger partial charge in [-0.3, -0.25) is 9.11 Å². The van der Waals surface area contributed by atoms with Crippen LogP contribution in [0.5, 0.6) is 0 Å². The number of rotatable bonds is 0. The second-order valence-electron chi connectivity index (χ2n) is 1.05.